The number of morpholine rings is 1. The Morgan fingerprint density at radius 1 is 1.09 bits per heavy atom. The van der Waals surface area contributed by atoms with Gasteiger partial charge in [-0.3, -0.25) is 4.79 Å². The van der Waals surface area contributed by atoms with Crippen molar-refractivity contribution in [2.45, 2.75) is 30.2 Å². The summed E-state index contributed by atoms with van der Waals surface area (Å²) in [5.74, 6) is 0.523. The molecule has 2 saturated heterocycles. The summed E-state index contributed by atoms with van der Waals surface area (Å²) in [7, 11) is -3.83. The first kappa shape index (κ1) is 22.3. The van der Waals surface area contributed by atoms with Crippen LogP contribution in [0.15, 0.2) is 47.4 Å². The second-order valence-electron chi connectivity index (χ2n) is 8.31. The van der Waals surface area contributed by atoms with Gasteiger partial charge in [-0.25, -0.2) is 13.4 Å². The molecule has 8 nitrogen and oxygen atoms in total. The van der Waals surface area contributed by atoms with Gasteiger partial charge >= 0.3 is 0 Å². The van der Waals surface area contributed by atoms with E-state index in [0.717, 1.165) is 36.1 Å². The largest absolute Gasteiger partial charge is 0.379 e. The highest BCUT2D eigenvalue weighted by molar-refractivity contribution is 7.89. The summed E-state index contributed by atoms with van der Waals surface area (Å²) in [6.45, 7) is 1.77. The van der Waals surface area contributed by atoms with Crippen LogP contribution in [0.25, 0.3) is 11.0 Å². The van der Waals surface area contributed by atoms with Crippen LogP contribution in [0.1, 0.15) is 41.5 Å². The Hall–Kier alpha value is -2.46. The van der Waals surface area contributed by atoms with Gasteiger partial charge in [0, 0.05) is 25.2 Å². The number of ether oxygens (including phenoxy) is 1. The minimum Gasteiger partial charge on any atom is -0.379 e. The van der Waals surface area contributed by atoms with Crippen LogP contribution in [-0.4, -0.2) is 66.3 Å². The minimum absolute atomic E-state index is 0.0470. The van der Waals surface area contributed by atoms with Gasteiger partial charge in [-0.2, -0.15) is 4.31 Å². The summed E-state index contributed by atoms with van der Waals surface area (Å²) in [6, 6.07) is 12.1. The van der Waals surface area contributed by atoms with Gasteiger partial charge in [0.25, 0.3) is 5.91 Å². The molecule has 2 aliphatic rings. The lowest BCUT2D eigenvalue weighted by Gasteiger charge is -2.34. The number of benzene rings is 2. The van der Waals surface area contributed by atoms with E-state index in [4.69, 9.17) is 21.3 Å². The van der Waals surface area contributed by atoms with Crippen LogP contribution in [0.3, 0.4) is 0 Å². The van der Waals surface area contributed by atoms with E-state index < -0.39 is 10.0 Å². The van der Waals surface area contributed by atoms with Crippen LogP contribution in [0.4, 0.5) is 0 Å². The van der Waals surface area contributed by atoms with Crippen molar-refractivity contribution < 1.29 is 17.9 Å². The number of aromatic amines is 1. The Labute approximate surface area is 197 Å². The van der Waals surface area contributed by atoms with Crippen molar-refractivity contribution in [2.75, 3.05) is 32.8 Å². The third kappa shape index (κ3) is 4.26. The van der Waals surface area contributed by atoms with E-state index in [1.165, 1.54) is 16.4 Å². The maximum Gasteiger partial charge on any atom is 0.254 e. The van der Waals surface area contributed by atoms with Crippen molar-refractivity contribution >= 4 is 38.6 Å². The molecule has 0 spiro atoms. The van der Waals surface area contributed by atoms with Crippen molar-refractivity contribution in [2.24, 2.45) is 0 Å². The molecule has 5 rings (SSSR count). The molecule has 1 atom stereocenters. The molecule has 1 unspecified atom stereocenters. The van der Waals surface area contributed by atoms with E-state index in [1.54, 1.807) is 11.0 Å². The second-order valence-corrected chi connectivity index (χ2v) is 10.6. The first-order valence-electron chi connectivity index (χ1n) is 11.1. The number of carbonyl (C=O) groups is 1. The molecule has 3 heterocycles. The molecule has 0 bridgehead atoms. The van der Waals surface area contributed by atoms with Crippen molar-refractivity contribution in [3.05, 3.63) is 58.9 Å². The molecular formula is C23H25ClN4O4S. The monoisotopic (exact) mass is 488 g/mol. The quantitative estimate of drug-likeness (QED) is 0.605. The lowest BCUT2D eigenvalue weighted by molar-refractivity contribution is 0.0601. The fourth-order valence-corrected chi connectivity index (χ4v) is 6.42. The molecule has 2 aliphatic heterocycles. The first-order chi connectivity index (χ1) is 15.9. The van der Waals surface area contributed by atoms with E-state index in [2.05, 4.69) is 4.98 Å². The fourth-order valence-electron chi connectivity index (χ4n) is 4.52. The van der Waals surface area contributed by atoms with E-state index in [9.17, 15) is 13.2 Å². The number of sulfonamides is 1. The Morgan fingerprint density at radius 2 is 1.88 bits per heavy atom. The topological polar surface area (TPSA) is 95.6 Å². The van der Waals surface area contributed by atoms with Crippen LogP contribution in [0.5, 0.6) is 0 Å². The number of halogens is 1. The molecule has 1 amide bonds. The summed E-state index contributed by atoms with van der Waals surface area (Å²) >= 11 is 6.28. The molecular weight excluding hydrogens is 464 g/mol. The third-order valence-electron chi connectivity index (χ3n) is 6.25. The van der Waals surface area contributed by atoms with Crippen LogP contribution >= 0.6 is 11.6 Å². The van der Waals surface area contributed by atoms with Crippen LogP contribution in [0.2, 0.25) is 5.02 Å². The Bertz CT molecular complexity index is 1250. The number of fused-ring (bicyclic) bond motifs is 1. The molecule has 3 aromatic rings. The molecule has 0 saturated carbocycles. The van der Waals surface area contributed by atoms with Crippen molar-refractivity contribution in [3.63, 3.8) is 0 Å². The number of piperidine rings is 1. The summed E-state index contributed by atoms with van der Waals surface area (Å²) in [6.07, 6.45) is 2.66. The van der Waals surface area contributed by atoms with Gasteiger partial charge in [-0.1, -0.05) is 23.7 Å². The molecule has 174 valence electrons. The predicted molar refractivity (Wildman–Crippen MR) is 125 cm³/mol. The molecule has 0 radical (unpaired) electrons. The number of aromatic nitrogens is 2. The van der Waals surface area contributed by atoms with E-state index in [-0.39, 0.29) is 35.0 Å². The number of nitrogens with zero attached hydrogens (tertiary/aromatic N) is 3. The molecule has 2 fully saturated rings. The SMILES string of the molecule is O=C(c1ccc(Cl)c(S(=O)(=O)N2CCOCC2)c1)N1CCCCC1c1nc2ccccc2[nH]1. The minimum atomic E-state index is -3.83. The van der Waals surface area contributed by atoms with Gasteiger partial charge in [0.1, 0.15) is 10.7 Å². The molecule has 2 aromatic carbocycles. The number of rotatable bonds is 4. The van der Waals surface area contributed by atoms with Crippen molar-refractivity contribution in [1.29, 1.82) is 0 Å². The fraction of sp³-hybridized carbons (Fsp3) is 0.391. The number of hydrogen-bond donors (Lipinski definition) is 1. The number of para-hydroxylation sites is 2. The maximum absolute atomic E-state index is 13.6. The molecule has 1 aromatic heterocycles. The molecule has 1 N–H and O–H groups in total. The summed E-state index contributed by atoms with van der Waals surface area (Å²) in [5.41, 5.74) is 2.08. The highest BCUT2D eigenvalue weighted by atomic mass is 35.5. The number of likely N-dealkylation sites (tertiary alicyclic amines) is 1. The number of hydrogen-bond acceptors (Lipinski definition) is 5. The average Bonchev–Trinajstić information content (AvgIpc) is 3.28. The van der Waals surface area contributed by atoms with E-state index >= 15 is 0 Å². The lowest BCUT2D eigenvalue weighted by atomic mass is 10.00. The second kappa shape index (κ2) is 9.06. The Kier molecular flexibility index (Phi) is 6.13. The highest BCUT2D eigenvalue weighted by Gasteiger charge is 2.33. The van der Waals surface area contributed by atoms with Gasteiger partial charge in [-0.15, -0.1) is 0 Å². The summed E-state index contributed by atoms with van der Waals surface area (Å²) in [5, 5.41) is 0.102. The summed E-state index contributed by atoms with van der Waals surface area (Å²) in [4.78, 5) is 23.4. The van der Waals surface area contributed by atoms with Crippen molar-refractivity contribution in [3.8, 4) is 0 Å². The standard InChI is InChI=1S/C23H25ClN4O4S/c24-17-9-8-16(15-21(17)33(30,31)27-11-13-32-14-12-27)23(29)28-10-4-3-7-20(28)22-25-18-5-1-2-6-19(18)26-22/h1-2,5-6,8-9,15,20H,3-4,7,10-14H2,(H,25,26). The number of amides is 1. The molecule has 0 aliphatic carbocycles. The first-order valence-corrected chi connectivity index (χ1v) is 12.9. The average molecular weight is 489 g/mol. The molecule has 33 heavy (non-hydrogen) atoms. The number of carbonyl (C=O) groups excluding carboxylic acids is 1. The van der Waals surface area contributed by atoms with Gasteiger partial charge in [0.05, 0.1) is 35.3 Å². The van der Waals surface area contributed by atoms with Crippen LogP contribution < -0.4 is 0 Å². The van der Waals surface area contributed by atoms with E-state index in [1.807, 2.05) is 24.3 Å². The zero-order valence-electron chi connectivity index (χ0n) is 18.0. The normalized spacial score (nSPS) is 20.3. The zero-order chi connectivity index (χ0) is 23.0. The smallest absolute Gasteiger partial charge is 0.254 e. The molecule has 10 heteroatoms. The number of H-pyrrole nitrogens is 1. The van der Waals surface area contributed by atoms with E-state index in [0.29, 0.717) is 25.3 Å². The number of nitrogens with one attached hydrogen (secondary N) is 1. The Balaban J connectivity index is 1.47. The highest BCUT2D eigenvalue weighted by Crippen LogP contribution is 2.33. The van der Waals surface area contributed by atoms with Crippen LogP contribution in [-0.2, 0) is 14.8 Å². The van der Waals surface area contributed by atoms with Gasteiger partial charge in [0.2, 0.25) is 10.0 Å². The van der Waals surface area contributed by atoms with Gasteiger partial charge in [-0.05, 0) is 49.6 Å². The number of imidazole rings is 1. The van der Waals surface area contributed by atoms with Gasteiger partial charge in [0.15, 0.2) is 0 Å². The van der Waals surface area contributed by atoms with Gasteiger partial charge < -0.3 is 14.6 Å². The summed E-state index contributed by atoms with van der Waals surface area (Å²) < 4.78 is 33.0. The zero-order valence-corrected chi connectivity index (χ0v) is 19.6. The maximum atomic E-state index is 13.6. The lowest BCUT2D eigenvalue weighted by Crippen LogP contribution is -2.41. The third-order valence-corrected chi connectivity index (χ3v) is 8.63. The van der Waals surface area contributed by atoms with Crippen molar-refractivity contribution in [1.82, 2.24) is 19.2 Å². The van der Waals surface area contributed by atoms with Crippen LogP contribution in [0, 0.1) is 0 Å². The Morgan fingerprint density at radius 3 is 2.67 bits per heavy atom. The predicted octanol–water partition coefficient (Wildman–Crippen LogP) is 3.60.